The van der Waals surface area contributed by atoms with Crippen LogP contribution in [0, 0.1) is 5.41 Å². The molecule has 2 heteroatoms. The summed E-state index contributed by atoms with van der Waals surface area (Å²) in [5.74, 6) is 0. The van der Waals surface area contributed by atoms with E-state index < -0.39 is 5.60 Å². The molecule has 0 aliphatic heterocycles. The average Bonchev–Trinajstić information content (AvgIpc) is 2.45. The van der Waals surface area contributed by atoms with Crippen LogP contribution in [-0.4, -0.2) is 17.3 Å². The molecule has 2 rings (SSSR count). The van der Waals surface area contributed by atoms with E-state index in [2.05, 4.69) is 50.4 Å². The molecule has 0 radical (unpaired) electrons. The monoisotopic (exact) mass is 275 g/mol. The number of rotatable bonds is 5. The molecule has 0 amide bonds. The van der Waals surface area contributed by atoms with Gasteiger partial charge in [-0.15, -0.1) is 0 Å². The van der Waals surface area contributed by atoms with E-state index in [1.165, 1.54) is 5.56 Å². The van der Waals surface area contributed by atoms with Crippen molar-refractivity contribution in [1.29, 1.82) is 0 Å². The van der Waals surface area contributed by atoms with Crippen LogP contribution in [0.15, 0.2) is 30.3 Å². The second kappa shape index (κ2) is 6.28. The molecule has 1 aliphatic rings. The molecule has 1 aliphatic carbocycles. The zero-order chi connectivity index (χ0) is 14.6. The molecule has 1 saturated carbocycles. The first kappa shape index (κ1) is 15.5. The van der Waals surface area contributed by atoms with Crippen LogP contribution in [-0.2, 0) is 0 Å². The summed E-state index contributed by atoms with van der Waals surface area (Å²) < 4.78 is 0. The minimum atomic E-state index is -0.516. The number of benzene rings is 1. The van der Waals surface area contributed by atoms with E-state index >= 15 is 0 Å². The summed E-state index contributed by atoms with van der Waals surface area (Å²) >= 11 is 0. The quantitative estimate of drug-likeness (QED) is 0.849. The van der Waals surface area contributed by atoms with E-state index in [0.29, 0.717) is 18.0 Å². The normalized spacial score (nSPS) is 22.4. The lowest BCUT2D eigenvalue weighted by Gasteiger charge is -2.41. The maximum absolute atomic E-state index is 10.7. The van der Waals surface area contributed by atoms with Gasteiger partial charge in [-0.3, -0.25) is 0 Å². The molecule has 1 unspecified atom stereocenters. The van der Waals surface area contributed by atoms with Gasteiger partial charge in [0.05, 0.1) is 5.60 Å². The van der Waals surface area contributed by atoms with Crippen molar-refractivity contribution in [2.45, 2.75) is 64.5 Å². The van der Waals surface area contributed by atoms with Crippen molar-refractivity contribution in [2.75, 3.05) is 6.54 Å². The molecule has 1 atom stereocenters. The van der Waals surface area contributed by atoms with Gasteiger partial charge >= 0.3 is 0 Å². The second-order valence-corrected chi connectivity index (χ2v) is 7.14. The lowest BCUT2D eigenvalue weighted by Crippen LogP contribution is -2.45. The van der Waals surface area contributed by atoms with E-state index in [0.717, 1.165) is 32.1 Å². The van der Waals surface area contributed by atoms with Crippen molar-refractivity contribution in [3.05, 3.63) is 35.9 Å². The van der Waals surface area contributed by atoms with Gasteiger partial charge in [-0.05, 0) is 43.1 Å². The van der Waals surface area contributed by atoms with Gasteiger partial charge < -0.3 is 10.4 Å². The van der Waals surface area contributed by atoms with Gasteiger partial charge in [-0.25, -0.2) is 0 Å². The first-order chi connectivity index (χ1) is 9.44. The van der Waals surface area contributed by atoms with Gasteiger partial charge in [0.2, 0.25) is 0 Å². The van der Waals surface area contributed by atoms with Gasteiger partial charge in [0.25, 0.3) is 0 Å². The van der Waals surface area contributed by atoms with Crippen LogP contribution in [0.2, 0.25) is 0 Å². The second-order valence-electron chi connectivity index (χ2n) is 7.14. The summed E-state index contributed by atoms with van der Waals surface area (Å²) in [6.07, 6.45) is 5.11. The van der Waals surface area contributed by atoms with Crippen LogP contribution in [0.3, 0.4) is 0 Å². The highest BCUT2D eigenvalue weighted by molar-refractivity contribution is 5.18. The Kier molecular flexibility index (Phi) is 4.87. The highest BCUT2D eigenvalue weighted by atomic mass is 16.3. The highest BCUT2D eigenvalue weighted by Crippen LogP contribution is 2.40. The molecule has 2 N–H and O–H groups in total. The fraction of sp³-hybridized carbons (Fsp3) is 0.667. The molecule has 0 spiro atoms. The average molecular weight is 275 g/mol. The lowest BCUT2D eigenvalue weighted by molar-refractivity contribution is -0.0262. The van der Waals surface area contributed by atoms with Crippen molar-refractivity contribution < 1.29 is 5.11 Å². The van der Waals surface area contributed by atoms with Gasteiger partial charge in [0.1, 0.15) is 0 Å². The van der Waals surface area contributed by atoms with Crippen molar-refractivity contribution >= 4 is 0 Å². The minimum Gasteiger partial charge on any atom is -0.389 e. The van der Waals surface area contributed by atoms with Crippen molar-refractivity contribution in [1.82, 2.24) is 5.32 Å². The third-order valence-electron chi connectivity index (χ3n) is 4.82. The van der Waals surface area contributed by atoms with Gasteiger partial charge in [-0.1, -0.05) is 51.1 Å². The number of aliphatic hydroxyl groups is 1. The molecule has 1 aromatic carbocycles. The van der Waals surface area contributed by atoms with Crippen LogP contribution in [0.4, 0.5) is 0 Å². The molecule has 2 nitrogen and oxygen atoms in total. The highest BCUT2D eigenvalue weighted by Gasteiger charge is 2.36. The number of nitrogens with one attached hydrogen (secondary N) is 1. The Morgan fingerprint density at radius 1 is 1.10 bits per heavy atom. The van der Waals surface area contributed by atoms with Gasteiger partial charge in [-0.2, -0.15) is 0 Å². The first-order valence-corrected chi connectivity index (χ1v) is 7.95. The van der Waals surface area contributed by atoms with E-state index in [1.54, 1.807) is 0 Å². The molecule has 1 fully saturated rings. The molecule has 0 bridgehead atoms. The SMILES string of the molecule is CCC(NCC1(O)CCC(C)(C)CC1)c1ccccc1. The van der Waals surface area contributed by atoms with E-state index in [1.807, 2.05) is 6.07 Å². The van der Waals surface area contributed by atoms with E-state index in [4.69, 9.17) is 0 Å². The maximum Gasteiger partial charge on any atom is 0.0772 e. The van der Waals surface area contributed by atoms with Crippen LogP contribution >= 0.6 is 0 Å². The first-order valence-electron chi connectivity index (χ1n) is 7.95. The Morgan fingerprint density at radius 2 is 1.70 bits per heavy atom. The fourth-order valence-electron chi connectivity index (χ4n) is 3.07. The molecule has 20 heavy (non-hydrogen) atoms. The van der Waals surface area contributed by atoms with Crippen molar-refractivity contribution in [2.24, 2.45) is 5.41 Å². The van der Waals surface area contributed by atoms with E-state index in [9.17, 15) is 5.11 Å². The minimum absolute atomic E-state index is 0.343. The lowest BCUT2D eigenvalue weighted by atomic mass is 9.71. The largest absolute Gasteiger partial charge is 0.389 e. The Labute approximate surface area is 123 Å². The van der Waals surface area contributed by atoms with Crippen LogP contribution in [0.5, 0.6) is 0 Å². The molecule has 0 saturated heterocycles. The van der Waals surface area contributed by atoms with Crippen molar-refractivity contribution in [3.8, 4) is 0 Å². The Morgan fingerprint density at radius 3 is 2.25 bits per heavy atom. The molecule has 0 heterocycles. The molecular weight excluding hydrogens is 246 g/mol. The summed E-state index contributed by atoms with van der Waals surface area (Å²) in [4.78, 5) is 0. The van der Waals surface area contributed by atoms with Gasteiger partial charge in [0.15, 0.2) is 0 Å². The van der Waals surface area contributed by atoms with E-state index in [-0.39, 0.29) is 0 Å². The summed E-state index contributed by atoms with van der Waals surface area (Å²) in [5.41, 5.74) is 1.20. The standard InChI is InChI=1S/C18H29NO/c1-4-16(15-8-6-5-7-9-15)19-14-18(20)12-10-17(2,3)11-13-18/h5-9,16,19-20H,4,10-14H2,1-3H3. The molecule has 0 aromatic heterocycles. The summed E-state index contributed by atoms with van der Waals surface area (Å²) in [6.45, 7) is 7.51. The number of hydrogen-bond acceptors (Lipinski definition) is 2. The number of hydrogen-bond donors (Lipinski definition) is 2. The molecule has 112 valence electrons. The smallest absolute Gasteiger partial charge is 0.0772 e. The maximum atomic E-state index is 10.7. The van der Waals surface area contributed by atoms with Crippen molar-refractivity contribution in [3.63, 3.8) is 0 Å². The summed E-state index contributed by atoms with van der Waals surface area (Å²) in [7, 11) is 0. The Balaban J connectivity index is 1.90. The Hall–Kier alpha value is -0.860. The molecular formula is C18H29NO. The third kappa shape index (κ3) is 4.07. The summed E-state index contributed by atoms with van der Waals surface area (Å²) in [5, 5.41) is 14.3. The van der Waals surface area contributed by atoms with Gasteiger partial charge in [0, 0.05) is 12.6 Å². The Bertz CT molecular complexity index is 403. The summed E-state index contributed by atoms with van der Waals surface area (Å²) in [6, 6.07) is 10.9. The fourth-order valence-corrected chi connectivity index (χ4v) is 3.07. The topological polar surface area (TPSA) is 32.3 Å². The zero-order valence-electron chi connectivity index (χ0n) is 13.2. The van der Waals surface area contributed by atoms with Crippen LogP contribution in [0.25, 0.3) is 0 Å². The van der Waals surface area contributed by atoms with Crippen LogP contribution < -0.4 is 5.32 Å². The van der Waals surface area contributed by atoms with Crippen LogP contribution in [0.1, 0.15) is 64.5 Å². The molecule has 1 aromatic rings. The zero-order valence-corrected chi connectivity index (χ0v) is 13.2. The predicted octanol–water partition coefficient (Wildman–Crippen LogP) is 4.06. The predicted molar refractivity (Wildman–Crippen MR) is 84.7 cm³/mol. The third-order valence-corrected chi connectivity index (χ3v) is 4.82.